The van der Waals surface area contributed by atoms with Crippen molar-refractivity contribution >= 4 is 5.91 Å². The molecule has 148 valence electrons. The Hall–Kier alpha value is -2.47. The molecule has 2 aliphatic rings. The van der Waals surface area contributed by atoms with Crippen LogP contribution in [0.5, 0.6) is 5.88 Å². The van der Waals surface area contributed by atoms with Crippen molar-refractivity contribution in [1.82, 2.24) is 20.2 Å². The van der Waals surface area contributed by atoms with Gasteiger partial charge in [0, 0.05) is 36.3 Å². The number of rotatable bonds is 4. The number of aromatic nitrogens is 2. The maximum Gasteiger partial charge on any atom is 0.260 e. The van der Waals surface area contributed by atoms with E-state index >= 15 is 0 Å². The van der Waals surface area contributed by atoms with Gasteiger partial charge in [0.2, 0.25) is 5.88 Å². The number of benzene rings is 1. The Kier molecular flexibility index (Phi) is 5.57. The largest absolute Gasteiger partial charge is 0.467 e. The van der Waals surface area contributed by atoms with E-state index in [1.165, 1.54) is 0 Å². The average molecular weight is 380 g/mol. The lowest BCUT2D eigenvalue weighted by Gasteiger charge is -2.36. The van der Waals surface area contributed by atoms with Crippen molar-refractivity contribution < 1.29 is 9.53 Å². The standard InChI is InChI=1S/C22H28N4O2/c1-15-12-26(13-16(2)23-15)20(27)14-28-22-18-10-6-7-11-19(18)24-21(25-22)17-8-4-3-5-9-17/h3-5,8-9,15-16,23H,6-7,10-14H2,1-2H3. The molecule has 6 heteroatoms. The van der Waals surface area contributed by atoms with Gasteiger partial charge >= 0.3 is 0 Å². The quantitative estimate of drug-likeness (QED) is 0.883. The van der Waals surface area contributed by atoms with Gasteiger partial charge in [0.15, 0.2) is 12.4 Å². The number of carbonyl (C=O) groups excluding carboxylic acids is 1. The molecule has 1 amide bonds. The molecular weight excluding hydrogens is 352 g/mol. The van der Waals surface area contributed by atoms with Crippen molar-refractivity contribution in [2.45, 2.75) is 51.6 Å². The van der Waals surface area contributed by atoms with Crippen molar-refractivity contribution in [3.05, 3.63) is 41.6 Å². The van der Waals surface area contributed by atoms with Crippen molar-refractivity contribution in [2.75, 3.05) is 19.7 Å². The summed E-state index contributed by atoms with van der Waals surface area (Å²) < 4.78 is 5.99. The fraction of sp³-hybridized carbons (Fsp3) is 0.500. The van der Waals surface area contributed by atoms with E-state index in [2.05, 4.69) is 24.1 Å². The fourth-order valence-electron chi connectivity index (χ4n) is 4.15. The predicted molar refractivity (Wildman–Crippen MR) is 108 cm³/mol. The summed E-state index contributed by atoms with van der Waals surface area (Å²) in [4.78, 5) is 24.1. The summed E-state index contributed by atoms with van der Waals surface area (Å²) in [5, 5.41) is 3.45. The second kappa shape index (κ2) is 8.27. The average Bonchev–Trinajstić information content (AvgIpc) is 2.71. The van der Waals surface area contributed by atoms with Crippen molar-refractivity contribution in [2.24, 2.45) is 0 Å². The molecule has 6 nitrogen and oxygen atoms in total. The molecule has 0 spiro atoms. The highest BCUT2D eigenvalue weighted by atomic mass is 16.5. The number of aryl methyl sites for hydroxylation is 1. The Morgan fingerprint density at radius 2 is 1.82 bits per heavy atom. The lowest BCUT2D eigenvalue weighted by atomic mass is 9.96. The van der Waals surface area contributed by atoms with E-state index in [0.29, 0.717) is 36.9 Å². The van der Waals surface area contributed by atoms with Gasteiger partial charge in [-0.15, -0.1) is 0 Å². The van der Waals surface area contributed by atoms with Crippen LogP contribution in [0.25, 0.3) is 11.4 Å². The Balaban J connectivity index is 1.54. The van der Waals surface area contributed by atoms with Gasteiger partial charge < -0.3 is 15.0 Å². The second-order valence-corrected chi connectivity index (χ2v) is 7.91. The summed E-state index contributed by atoms with van der Waals surface area (Å²) >= 11 is 0. The summed E-state index contributed by atoms with van der Waals surface area (Å²) in [5.74, 6) is 1.27. The highest BCUT2D eigenvalue weighted by molar-refractivity contribution is 5.78. The molecular formula is C22H28N4O2. The minimum absolute atomic E-state index is 0.0182. The summed E-state index contributed by atoms with van der Waals surface area (Å²) in [7, 11) is 0. The van der Waals surface area contributed by atoms with Crippen LogP contribution in [0.1, 0.15) is 37.9 Å². The Bertz CT molecular complexity index is 830. The van der Waals surface area contributed by atoms with Crippen molar-refractivity contribution in [3.63, 3.8) is 0 Å². The molecule has 1 aromatic heterocycles. The van der Waals surface area contributed by atoms with Gasteiger partial charge in [-0.1, -0.05) is 30.3 Å². The third-order valence-corrected chi connectivity index (χ3v) is 5.42. The van der Waals surface area contributed by atoms with Gasteiger partial charge in [-0.3, -0.25) is 4.79 Å². The van der Waals surface area contributed by atoms with E-state index in [4.69, 9.17) is 9.72 Å². The molecule has 1 N–H and O–H groups in total. The van der Waals surface area contributed by atoms with Gasteiger partial charge in [-0.05, 0) is 39.5 Å². The smallest absolute Gasteiger partial charge is 0.260 e. The lowest BCUT2D eigenvalue weighted by molar-refractivity contribution is -0.135. The summed E-state index contributed by atoms with van der Waals surface area (Å²) in [5.41, 5.74) is 3.10. The Morgan fingerprint density at radius 3 is 2.57 bits per heavy atom. The molecule has 0 saturated carbocycles. The minimum Gasteiger partial charge on any atom is -0.467 e. The highest BCUT2D eigenvalue weighted by Gasteiger charge is 2.26. The van der Waals surface area contributed by atoms with E-state index in [1.807, 2.05) is 35.2 Å². The molecule has 1 fully saturated rings. The van der Waals surface area contributed by atoms with Crippen LogP contribution >= 0.6 is 0 Å². The third kappa shape index (κ3) is 4.17. The van der Waals surface area contributed by atoms with E-state index in [9.17, 15) is 4.79 Å². The van der Waals surface area contributed by atoms with Gasteiger partial charge in [-0.2, -0.15) is 4.98 Å². The predicted octanol–water partition coefficient (Wildman–Crippen LogP) is 2.61. The minimum atomic E-state index is 0.0182. The van der Waals surface area contributed by atoms with Crippen LogP contribution in [0.2, 0.25) is 0 Å². The number of nitrogens with one attached hydrogen (secondary N) is 1. The first-order chi connectivity index (χ1) is 13.6. The normalized spacial score (nSPS) is 21.9. The molecule has 2 unspecified atom stereocenters. The van der Waals surface area contributed by atoms with E-state index in [-0.39, 0.29) is 12.5 Å². The summed E-state index contributed by atoms with van der Waals surface area (Å²) in [6.45, 7) is 5.65. The lowest BCUT2D eigenvalue weighted by Crippen LogP contribution is -2.56. The van der Waals surface area contributed by atoms with Gasteiger partial charge in [0.25, 0.3) is 5.91 Å². The molecule has 28 heavy (non-hydrogen) atoms. The number of nitrogens with zero attached hydrogens (tertiary/aromatic N) is 3. The zero-order valence-corrected chi connectivity index (χ0v) is 16.6. The topological polar surface area (TPSA) is 67.4 Å². The van der Waals surface area contributed by atoms with Crippen LogP contribution in [0.15, 0.2) is 30.3 Å². The van der Waals surface area contributed by atoms with Crippen LogP contribution in [-0.4, -0.2) is 52.6 Å². The zero-order chi connectivity index (χ0) is 19.5. The van der Waals surface area contributed by atoms with Crippen LogP contribution in [0.4, 0.5) is 0 Å². The number of hydrogen-bond donors (Lipinski definition) is 1. The molecule has 0 radical (unpaired) electrons. The van der Waals surface area contributed by atoms with Gasteiger partial charge in [-0.25, -0.2) is 4.98 Å². The monoisotopic (exact) mass is 380 g/mol. The molecule has 2 aromatic rings. The molecule has 0 bridgehead atoms. The number of ether oxygens (including phenoxy) is 1. The van der Waals surface area contributed by atoms with E-state index in [1.54, 1.807) is 0 Å². The zero-order valence-electron chi connectivity index (χ0n) is 16.6. The highest BCUT2D eigenvalue weighted by Crippen LogP contribution is 2.30. The first-order valence-electron chi connectivity index (χ1n) is 10.2. The van der Waals surface area contributed by atoms with Crippen LogP contribution in [0.3, 0.4) is 0 Å². The molecule has 1 saturated heterocycles. The van der Waals surface area contributed by atoms with Crippen LogP contribution in [0, 0.1) is 0 Å². The molecule has 1 aromatic carbocycles. The van der Waals surface area contributed by atoms with Gasteiger partial charge in [0.05, 0.1) is 5.69 Å². The third-order valence-electron chi connectivity index (χ3n) is 5.42. The number of hydrogen-bond acceptors (Lipinski definition) is 5. The number of amides is 1. The van der Waals surface area contributed by atoms with E-state index in [0.717, 1.165) is 42.5 Å². The molecule has 1 aliphatic carbocycles. The van der Waals surface area contributed by atoms with Crippen LogP contribution in [-0.2, 0) is 17.6 Å². The number of fused-ring (bicyclic) bond motifs is 1. The maximum atomic E-state index is 12.7. The first-order valence-corrected chi connectivity index (χ1v) is 10.2. The number of carbonyl (C=O) groups is 1. The Labute approximate surface area is 166 Å². The second-order valence-electron chi connectivity index (χ2n) is 7.91. The molecule has 1 aliphatic heterocycles. The fourth-order valence-corrected chi connectivity index (χ4v) is 4.15. The SMILES string of the molecule is CC1CN(C(=O)COc2nc(-c3ccccc3)nc3c2CCCC3)CC(C)N1. The van der Waals surface area contributed by atoms with Crippen LogP contribution < -0.4 is 10.1 Å². The molecule has 2 heterocycles. The Morgan fingerprint density at radius 1 is 1.11 bits per heavy atom. The van der Waals surface area contributed by atoms with Crippen molar-refractivity contribution in [3.8, 4) is 17.3 Å². The maximum absolute atomic E-state index is 12.7. The van der Waals surface area contributed by atoms with E-state index < -0.39 is 0 Å². The van der Waals surface area contributed by atoms with Crippen molar-refractivity contribution in [1.29, 1.82) is 0 Å². The summed E-state index contributed by atoms with van der Waals surface area (Å²) in [6, 6.07) is 10.5. The van der Waals surface area contributed by atoms with Gasteiger partial charge in [0.1, 0.15) is 0 Å². The first kappa shape index (κ1) is 18.9. The molecule has 2 atom stereocenters. The summed E-state index contributed by atoms with van der Waals surface area (Å²) in [6.07, 6.45) is 4.09. The molecule has 4 rings (SSSR count). The number of piperazine rings is 1.